The molecule has 0 amide bonds. The maximum Gasteiger partial charge on any atom is 0.213 e. The van der Waals surface area contributed by atoms with Gasteiger partial charge in [0, 0.05) is 25.8 Å². The highest BCUT2D eigenvalue weighted by Gasteiger charge is 2.20. The minimum atomic E-state index is 0.466. The average Bonchev–Trinajstić information content (AvgIpc) is 3.27. The topological polar surface area (TPSA) is 52.6 Å². The molecule has 1 aromatic heterocycles. The summed E-state index contributed by atoms with van der Waals surface area (Å²) in [5.41, 5.74) is 0.830. The summed E-state index contributed by atoms with van der Waals surface area (Å²) < 4.78 is 15.7. The van der Waals surface area contributed by atoms with E-state index in [4.69, 9.17) is 25.8 Å². The number of nitrogens with one attached hydrogen (secondary N) is 1. The summed E-state index contributed by atoms with van der Waals surface area (Å²) in [6.07, 6.45) is 2.49. The molecule has 1 heterocycles. The predicted octanol–water partition coefficient (Wildman–Crippen LogP) is 2.03. The molecule has 2 rings (SSSR count). The summed E-state index contributed by atoms with van der Waals surface area (Å²) in [6.45, 7) is 2.84. The average molecular weight is 301 g/mol. The molecule has 1 aromatic rings. The number of methoxy groups -OCH3 is 1. The summed E-state index contributed by atoms with van der Waals surface area (Å²) >= 11 is 6.12. The van der Waals surface area contributed by atoms with Crippen LogP contribution in [0.3, 0.4) is 0 Å². The molecule has 0 aliphatic heterocycles. The molecule has 20 heavy (non-hydrogen) atoms. The highest BCUT2D eigenvalue weighted by atomic mass is 35.5. The van der Waals surface area contributed by atoms with E-state index in [1.165, 1.54) is 12.8 Å². The van der Waals surface area contributed by atoms with Crippen molar-refractivity contribution in [3.63, 3.8) is 0 Å². The number of nitrogens with zero attached hydrogens (tertiary/aromatic N) is 1. The Morgan fingerprint density at radius 3 is 2.80 bits per heavy atom. The first-order chi connectivity index (χ1) is 9.79. The normalized spacial score (nSPS) is 14.5. The Balaban J connectivity index is 1.71. The van der Waals surface area contributed by atoms with Crippen molar-refractivity contribution in [2.45, 2.75) is 25.4 Å². The molecule has 1 N–H and O–H groups in total. The van der Waals surface area contributed by atoms with Gasteiger partial charge in [-0.3, -0.25) is 0 Å². The first kappa shape index (κ1) is 15.5. The quantitative estimate of drug-likeness (QED) is 0.670. The molecule has 5 nitrogen and oxygen atoms in total. The second-order valence-electron chi connectivity index (χ2n) is 4.69. The van der Waals surface area contributed by atoms with E-state index in [-0.39, 0.29) is 0 Å². The van der Waals surface area contributed by atoms with Crippen molar-refractivity contribution in [1.82, 2.24) is 10.3 Å². The third-order valence-corrected chi connectivity index (χ3v) is 3.28. The standard InChI is InChI=1S/C14H21ClN2O3/c1-18-6-7-19-8-9-20-14-5-4-12(15)13(17-14)10-16-11-2-3-11/h4-5,11,16H,2-3,6-10H2,1H3. The van der Waals surface area contributed by atoms with Gasteiger partial charge in [0.1, 0.15) is 6.61 Å². The van der Waals surface area contributed by atoms with Gasteiger partial charge >= 0.3 is 0 Å². The van der Waals surface area contributed by atoms with Crippen molar-refractivity contribution in [3.05, 3.63) is 22.8 Å². The molecule has 0 spiro atoms. The van der Waals surface area contributed by atoms with Crippen LogP contribution >= 0.6 is 11.6 Å². The van der Waals surface area contributed by atoms with Crippen molar-refractivity contribution < 1.29 is 14.2 Å². The van der Waals surface area contributed by atoms with E-state index < -0.39 is 0 Å². The first-order valence-electron chi connectivity index (χ1n) is 6.88. The Kier molecular flexibility index (Phi) is 6.53. The molecule has 1 aliphatic rings. The largest absolute Gasteiger partial charge is 0.475 e. The van der Waals surface area contributed by atoms with E-state index >= 15 is 0 Å². The van der Waals surface area contributed by atoms with E-state index in [1.54, 1.807) is 13.2 Å². The number of pyridine rings is 1. The van der Waals surface area contributed by atoms with Gasteiger partial charge in [0.15, 0.2) is 0 Å². The fourth-order valence-corrected chi connectivity index (χ4v) is 1.82. The number of rotatable bonds is 10. The number of hydrogen-bond acceptors (Lipinski definition) is 5. The molecule has 0 radical (unpaired) electrons. The molecular formula is C14H21ClN2O3. The SMILES string of the molecule is COCCOCCOc1ccc(Cl)c(CNC2CC2)n1. The Bertz CT molecular complexity index is 413. The molecule has 112 valence electrons. The zero-order chi connectivity index (χ0) is 14.2. The van der Waals surface area contributed by atoms with Crippen molar-refractivity contribution >= 4 is 11.6 Å². The fraction of sp³-hybridized carbons (Fsp3) is 0.643. The van der Waals surface area contributed by atoms with Crippen LogP contribution < -0.4 is 10.1 Å². The molecule has 1 fully saturated rings. The van der Waals surface area contributed by atoms with E-state index in [1.807, 2.05) is 6.07 Å². The highest BCUT2D eigenvalue weighted by Crippen LogP contribution is 2.22. The van der Waals surface area contributed by atoms with Crippen molar-refractivity contribution in [2.75, 3.05) is 33.5 Å². The van der Waals surface area contributed by atoms with E-state index in [0.29, 0.717) is 49.9 Å². The lowest BCUT2D eigenvalue weighted by Gasteiger charge is -2.09. The number of halogens is 1. The Morgan fingerprint density at radius 2 is 2.05 bits per heavy atom. The van der Waals surface area contributed by atoms with Crippen LogP contribution in [-0.2, 0) is 16.0 Å². The minimum absolute atomic E-state index is 0.466. The van der Waals surface area contributed by atoms with Crippen LogP contribution in [0.25, 0.3) is 0 Å². The Hall–Kier alpha value is -0.880. The summed E-state index contributed by atoms with van der Waals surface area (Å²) in [7, 11) is 1.65. The maximum absolute atomic E-state index is 6.12. The number of aromatic nitrogens is 1. The minimum Gasteiger partial charge on any atom is -0.475 e. The van der Waals surface area contributed by atoms with Crippen molar-refractivity contribution in [1.29, 1.82) is 0 Å². The van der Waals surface area contributed by atoms with Gasteiger partial charge in [-0.1, -0.05) is 11.6 Å². The van der Waals surface area contributed by atoms with Gasteiger partial charge in [0.25, 0.3) is 0 Å². The number of ether oxygens (including phenoxy) is 3. The lowest BCUT2D eigenvalue weighted by molar-refractivity contribution is 0.0536. The molecule has 0 bridgehead atoms. The van der Waals surface area contributed by atoms with Gasteiger partial charge in [-0.25, -0.2) is 4.98 Å². The van der Waals surface area contributed by atoms with Crippen LogP contribution in [-0.4, -0.2) is 44.6 Å². The van der Waals surface area contributed by atoms with Crippen molar-refractivity contribution in [2.24, 2.45) is 0 Å². The van der Waals surface area contributed by atoms with E-state index in [0.717, 1.165) is 5.69 Å². The maximum atomic E-state index is 6.12. The van der Waals surface area contributed by atoms with E-state index in [2.05, 4.69) is 10.3 Å². The van der Waals surface area contributed by atoms with E-state index in [9.17, 15) is 0 Å². The molecule has 0 unspecified atom stereocenters. The molecule has 6 heteroatoms. The van der Waals surface area contributed by atoms with Crippen LogP contribution in [0.4, 0.5) is 0 Å². The highest BCUT2D eigenvalue weighted by molar-refractivity contribution is 6.31. The zero-order valence-electron chi connectivity index (χ0n) is 11.7. The molecular weight excluding hydrogens is 280 g/mol. The molecule has 0 saturated heterocycles. The number of hydrogen-bond donors (Lipinski definition) is 1. The molecule has 1 aliphatic carbocycles. The summed E-state index contributed by atoms with van der Waals surface area (Å²) in [5.74, 6) is 0.581. The van der Waals surface area contributed by atoms with Gasteiger partial charge in [-0.05, 0) is 18.9 Å². The predicted molar refractivity (Wildman–Crippen MR) is 77.3 cm³/mol. The summed E-state index contributed by atoms with van der Waals surface area (Å²) in [4.78, 5) is 4.41. The zero-order valence-corrected chi connectivity index (χ0v) is 12.5. The van der Waals surface area contributed by atoms with Gasteiger partial charge in [0.05, 0.1) is 30.5 Å². The second-order valence-corrected chi connectivity index (χ2v) is 5.09. The molecule has 1 saturated carbocycles. The van der Waals surface area contributed by atoms with Crippen molar-refractivity contribution in [3.8, 4) is 5.88 Å². The van der Waals surface area contributed by atoms with Gasteiger partial charge in [-0.2, -0.15) is 0 Å². The van der Waals surface area contributed by atoms with Gasteiger partial charge < -0.3 is 19.5 Å². The lowest BCUT2D eigenvalue weighted by Crippen LogP contribution is -2.17. The summed E-state index contributed by atoms with van der Waals surface area (Å²) in [6, 6.07) is 4.23. The lowest BCUT2D eigenvalue weighted by atomic mass is 10.3. The third-order valence-electron chi connectivity index (χ3n) is 2.94. The second kappa shape index (κ2) is 8.42. The van der Waals surface area contributed by atoms with Gasteiger partial charge in [0.2, 0.25) is 5.88 Å². The Labute approximate surface area is 124 Å². The monoisotopic (exact) mass is 300 g/mol. The van der Waals surface area contributed by atoms with Crippen LogP contribution in [0, 0.1) is 0 Å². The third kappa shape index (κ3) is 5.63. The van der Waals surface area contributed by atoms with Crippen LogP contribution in [0.2, 0.25) is 5.02 Å². The van der Waals surface area contributed by atoms with Crippen LogP contribution in [0.15, 0.2) is 12.1 Å². The molecule has 0 atom stereocenters. The fourth-order valence-electron chi connectivity index (χ4n) is 1.65. The first-order valence-corrected chi connectivity index (χ1v) is 7.25. The summed E-state index contributed by atoms with van der Waals surface area (Å²) in [5, 5.41) is 4.06. The van der Waals surface area contributed by atoms with Gasteiger partial charge in [-0.15, -0.1) is 0 Å². The Morgan fingerprint density at radius 1 is 1.25 bits per heavy atom. The smallest absolute Gasteiger partial charge is 0.213 e. The molecule has 0 aromatic carbocycles. The van der Waals surface area contributed by atoms with Crippen LogP contribution in [0.1, 0.15) is 18.5 Å². The van der Waals surface area contributed by atoms with Crippen LogP contribution in [0.5, 0.6) is 5.88 Å².